The zero-order chi connectivity index (χ0) is 43.9. The van der Waals surface area contributed by atoms with Gasteiger partial charge in [0.25, 0.3) is 5.91 Å². The van der Waals surface area contributed by atoms with Crippen molar-refractivity contribution in [1.82, 2.24) is 29.6 Å². The molecule has 1 fully saturated rings. The van der Waals surface area contributed by atoms with Crippen molar-refractivity contribution < 1.29 is 37.1 Å². The van der Waals surface area contributed by atoms with Crippen LogP contribution < -0.4 is 15.8 Å². The number of ether oxygens (including phenoxy) is 2. The summed E-state index contributed by atoms with van der Waals surface area (Å²) in [5, 5.41) is 2.77. The number of aliphatic imine (C=N–C) groups is 1. The molecule has 0 spiro atoms. The number of carbonyl (C=O) groups excluding carboxylic acids is 4. The molecule has 0 radical (unpaired) electrons. The maximum atomic E-state index is 14.3. The third kappa shape index (κ3) is 14.2. The van der Waals surface area contributed by atoms with Gasteiger partial charge in [0.05, 0.1) is 42.4 Å². The molecule has 1 aromatic rings. The first kappa shape index (κ1) is 50.3. The van der Waals surface area contributed by atoms with Gasteiger partial charge in [0.1, 0.15) is 12.1 Å². The van der Waals surface area contributed by atoms with Crippen molar-refractivity contribution in [3.8, 4) is 0 Å². The molecule has 17 heteroatoms. The summed E-state index contributed by atoms with van der Waals surface area (Å²) < 4.78 is 39.3. The number of hydrogen-bond donors (Lipinski definition) is 3. The molecule has 1 aromatic carbocycles. The minimum atomic E-state index is -3.98. The first-order chi connectivity index (χ1) is 27.2. The zero-order valence-electron chi connectivity index (χ0n) is 36.9. The normalized spacial score (nSPS) is 18.0. The van der Waals surface area contributed by atoms with E-state index in [2.05, 4.69) is 10.0 Å². The molecular weight excluding hydrogens is 765 g/mol. The zero-order valence-corrected chi connectivity index (χ0v) is 37.8. The highest BCUT2D eigenvalue weighted by atomic mass is 32.2. The average molecular weight is 837 g/mol. The van der Waals surface area contributed by atoms with Crippen molar-refractivity contribution in [2.45, 2.75) is 110 Å². The van der Waals surface area contributed by atoms with Gasteiger partial charge in [-0.1, -0.05) is 71.4 Å². The summed E-state index contributed by atoms with van der Waals surface area (Å²) in [4.78, 5) is 67.9. The largest absolute Gasteiger partial charge is 0.379 e. The number of benzene rings is 1. The van der Waals surface area contributed by atoms with Crippen molar-refractivity contribution in [2.24, 2.45) is 28.5 Å². The summed E-state index contributed by atoms with van der Waals surface area (Å²) in [5.41, 5.74) is 6.21. The van der Waals surface area contributed by atoms with Crippen LogP contribution in [-0.4, -0.2) is 162 Å². The molecule has 1 heterocycles. The Morgan fingerprint density at radius 1 is 0.966 bits per heavy atom. The standard InChI is InChI=1S/C41H72N8O8S/c1-13-28(4)36(48(10)40(53)35(27(2)3)44-41(46(6)7)47(8)9)33(56-11)26-34(50)49-23-17-21-32(49)37(57-12)29(5)38(51)43-31(25-30-19-15-14-16-20-30)39(52)45-58(54,55)24-18-22-42/h14-16,19-20,27-29,31-33,35-37H,13,17-18,21-26,42H2,1-12H3,(H,43,51)(H,45,52)/t28-,29+,31-,32?,33+,35-,36-,37+/m0/s1. The molecule has 0 aliphatic carbocycles. The summed E-state index contributed by atoms with van der Waals surface area (Å²) in [5.74, 6) is -2.36. The lowest BCUT2D eigenvalue weighted by atomic mass is 9.89. The predicted octanol–water partition coefficient (Wildman–Crippen LogP) is 1.93. The highest BCUT2D eigenvalue weighted by Gasteiger charge is 2.43. The van der Waals surface area contributed by atoms with E-state index in [1.165, 1.54) is 7.11 Å². The number of nitrogens with two attached hydrogens (primary N) is 1. The quantitative estimate of drug-likeness (QED) is 0.114. The number of sulfonamides is 1. The van der Waals surface area contributed by atoms with Gasteiger partial charge in [0.15, 0.2) is 5.96 Å². The van der Waals surface area contributed by atoms with Crippen LogP contribution in [0.1, 0.15) is 72.3 Å². The number of likely N-dealkylation sites (tertiary alicyclic amines) is 1. The topological polar surface area (TPSA) is 196 Å². The Hall–Kier alpha value is -3.80. The Morgan fingerprint density at radius 2 is 1.59 bits per heavy atom. The Kier molecular flexibility index (Phi) is 20.6. The van der Waals surface area contributed by atoms with E-state index in [0.717, 1.165) is 12.0 Å². The average Bonchev–Trinajstić information content (AvgIpc) is 3.66. The maximum Gasteiger partial charge on any atom is 0.256 e. The summed E-state index contributed by atoms with van der Waals surface area (Å²) in [6.45, 7) is 10.3. The van der Waals surface area contributed by atoms with Crippen molar-refractivity contribution in [3.05, 3.63) is 35.9 Å². The smallest absolute Gasteiger partial charge is 0.256 e. The van der Waals surface area contributed by atoms with Crippen molar-refractivity contribution in [2.75, 3.05) is 68.3 Å². The van der Waals surface area contributed by atoms with Crippen molar-refractivity contribution in [1.29, 1.82) is 0 Å². The van der Waals surface area contributed by atoms with Gasteiger partial charge >= 0.3 is 0 Å². The molecule has 1 unspecified atom stereocenters. The van der Waals surface area contributed by atoms with Crippen LogP contribution in [0.15, 0.2) is 35.3 Å². The molecule has 16 nitrogen and oxygen atoms in total. The highest BCUT2D eigenvalue weighted by Crippen LogP contribution is 2.30. The van der Waals surface area contributed by atoms with E-state index in [4.69, 9.17) is 20.2 Å². The Labute approximate surface area is 347 Å². The molecule has 4 N–H and O–H groups in total. The van der Waals surface area contributed by atoms with E-state index >= 15 is 0 Å². The van der Waals surface area contributed by atoms with Crippen LogP contribution in [0.5, 0.6) is 0 Å². The molecule has 330 valence electrons. The van der Waals surface area contributed by atoms with Gasteiger partial charge < -0.3 is 40.1 Å². The SMILES string of the molecule is CC[C@H](C)[C@@H]([C@@H](CC(=O)N1CCCC1[C@H](OC)[C@@H](C)C(=O)N[C@@H](Cc1ccccc1)C(=O)NS(=O)(=O)CCCN)OC)N(C)C(=O)[C@@H](N=C(N(C)C)N(C)C)C(C)C. The van der Waals surface area contributed by atoms with Gasteiger partial charge in [0.2, 0.25) is 27.7 Å². The minimum absolute atomic E-state index is 0.00908. The van der Waals surface area contributed by atoms with Crippen LogP contribution in [0.4, 0.5) is 0 Å². The van der Waals surface area contributed by atoms with Gasteiger partial charge in [-0.25, -0.2) is 13.4 Å². The maximum absolute atomic E-state index is 14.3. The first-order valence-corrected chi connectivity index (χ1v) is 22.0. The molecule has 0 bridgehead atoms. The lowest BCUT2D eigenvalue weighted by Gasteiger charge is -2.40. The summed E-state index contributed by atoms with van der Waals surface area (Å²) >= 11 is 0. The fourth-order valence-electron chi connectivity index (χ4n) is 7.67. The van der Waals surface area contributed by atoms with Crippen LogP contribution in [0.25, 0.3) is 0 Å². The molecule has 8 atom stereocenters. The van der Waals surface area contributed by atoms with Crippen LogP contribution >= 0.6 is 0 Å². The molecule has 1 saturated heterocycles. The van der Waals surface area contributed by atoms with Gasteiger partial charge in [0, 0.05) is 62.4 Å². The van der Waals surface area contributed by atoms with E-state index < -0.39 is 64.1 Å². The Morgan fingerprint density at radius 3 is 2.10 bits per heavy atom. The number of carbonyl (C=O) groups is 4. The number of hydrogen-bond acceptors (Lipinski definition) is 10. The Bertz CT molecular complexity index is 1600. The number of guanidine groups is 1. The number of amides is 4. The summed E-state index contributed by atoms with van der Waals surface area (Å²) in [6, 6.07) is 6.19. The molecule has 58 heavy (non-hydrogen) atoms. The van der Waals surface area contributed by atoms with E-state index in [0.29, 0.717) is 25.3 Å². The molecule has 1 aliphatic heterocycles. The summed E-state index contributed by atoms with van der Waals surface area (Å²) in [6.07, 6.45) is 0.817. The number of nitrogens with zero attached hydrogens (tertiary/aromatic N) is 5. The van der Waals surface area contributed by atoms with Crippen LogP contribution in [0.2, 0.25) is 0 Å². The third-order valence-electron chi connectivity index (χ3n) is 11.0. The van der Waals surface area contributed by atoms with Gasteiger partial charge in [-0.3, -0.25) is 23.9 Å². The van der Waals surface area contributed by atoms with Crippen LogP contribution in [0.3, 0.4) is 0 Å². The third-order valence-corrected chi connectivity index (χ3v) is 12.3. The van der Waals surface area contributed by atoms with Gasteiger partial charge in [-0.15, -0.1) is 0 Å². The second-order valence-corrected chi connectivity index (χ2v) is 18.0. The molecular formula is C41H72N8O8S. The second kappa shape index (κ2) is 23.7. The highest BCUT2D eigenvalue weighted by molar-refractivity contribution is 7.90. The second-order valence-electron chi connectivity index (χ2n) is 16.2. The Balaban J connectivity index is 2.35. The van der Waals surface area contributed by atoms with Crippen molar-refractivity contribution >= 4 is 39.6 Å². The van der Waals surface area contributed by atoms with Crippen LogP contribution in [0, 0.1) is 17.8 Å². The first-order valence-electron chi connectivity index (χ1n) is 20.4. The number of likely N-dealkylation sites (N-methyl/N-ethyl adjacent to an activating group) is 1. The van der Waals surface area contributed by atoms with E-state index in [1.807, 2.05) is 71.8 Å². The number of nitrogens with one attached hydrogen (secondary N) is 2. The van der Waals surface area contributed by atoms with Gasteiger partial charge in [-0.2, -0.15) is 0 Å². The van der Waals surface area contributed by atoms with E-state index in [1.54, 1.807) is 55.1 Å². The van der Waals surface area contributed by atoms with Gasteiger partial charge in [-0.05, 0) is 43.2 Å². The number of methoxy groups -OCH3 is 2. The lowest BCUT2D eigenvalue weighted by molar-refractivity contribution is -0.146. The minimum Gasteiger partial charge on any atom is -0.379 e. The van der Waals surface area contributed by atoms with E-state index in [-0.39, 0.29) is 55.2 Å². The summed E-state index contributed by atoms with van der Waals surface area (Å²) in [7, 11) is 8.34. The van der Waals surface area contributed by atoms with Crippen LogP contribution in [-0.2, 0) is 45.1 Å². The molecule has 0 saturated carbocycles. The number of rotatable bonds is 22. The van der Waals surface area contributed by atoms with E-state index in [9.17, 15) is 27.6 Å². The lowest BCUT2D eigenvalue weighted by Crippen LogP contribution is -2.56. The van der Waals surface area contributed by atoms with Crippen molar-refractivity contribution in [3.63, 3.8) is 0 Å². The monoisotopic (exact) mass is 837 g/mol. The molecule has 1 aliphatic rings. The molecule has 2 rings (SSSR count). The fourth-order valence-corrected chi connectivity index (χ4v) is 8.77. The predicted molar refractivity (Wildman–Crippen MR) is 227 cm³/mol. The fraction of sp³-hybridized carbons (Fsp3) is 0.732. The molecule has 0 aromatic heterocycles. The molecule has 4 amide bonds.